The summed E-state index contributed by atoms with van der Waals surface area (Å²) >= 11 is 0. The van der Waals surface area contributed by atoms with Gasteiger partial charge >= 0.3 is 0 Å². The second-order valence-corrected chi connectivity index (χ2v) is 6.25. The summed E-state index contributed by atoms with van der Waals surface area (Å²) in [5, 5.41) is 0. The summed E-state index contributed by atoms with van der Waals surface area (Å²) in [5.74, 6) is 0.948. The molecule has 0 aromatic heterocycles. The molecule has 2 N–H and O–H groups in total. The molecule has 21 heavy (non-hydrogen) atoms. The standard InChI is InChI=1S/C19H25NO/c1-13-11-15(12-14(2)17(13)21-5)18(20)19(3,4)16-9-7-6-8-10-16/h6-12,18H,20H2,1-5H3. The van der Waals surface area contributed by atoms with E-state index in [0.29, 0.717) is 0 Å². The van der Waals surface area contributed by atoms with Crippen LogP contribution >= 0.6 is 0 Å². The molecule has 2 heteroatoms. The number of methoxy groups -OCH3 is 1. The van der Waals surface area contributed by atoms with Crippen LogP contribution < -0.4 is 10.5 Å². The van der Waals surface area contributed by atoms with E-state index in [1.807, 2.05) is 6.07 Å². The highest BCUT2D eigenvalue weighted by Gasteiger charge is 2.30. The fourth-order valence-electron chi connectivity index (χ4n) is 2.95. The zero-order chi connectivity index (χ0) is 15.6. The molecule has 0 aliphatic rings. The van der Waals surface area contributed by atoms with E-state index in [1.54, 1.807) is 7.11 Å². The summed E-state index contributed by atoms with van der Waals surface area (Å²) in [7, 11) is 1.71. The van der Waals surface area contributed by atoms with Crippen LogP contribution in [0.5, 0.6) is 5.75 Å². The SMILES string of the molecule is COc1c(C)cc(C(N)C(C)(C)c2ccccc2)cc1C. The van der Waals surface area contributed by atoms with Crippen molar-refractivity contribution < 1.29 is 4.74 Å². The van der Waals surface area contributed by atoms with E-state index in [9.17, 15) is 0 Å². The quantitative estimate of drug-likeness (QED) is 0.908. The average molecular weight is 283 g/mol. The first-order valence-corrected chi connectivity index (χ1v) is 7.34. The first-order valence-electron chi connectivity index (χ1n) is 7.34. The van der Waals surface area contributed by atoms with Gasteiger partial charge in [0, 0.05) is 11.5 Å². The van der Waals surface area contributed by atoms with Gasteiger partial charge in [-0.2, -0.15) is 0 Å². The molecule has 0 fully saturated rings. The molecular weight excluding hydrogens is 258 g/mol. The van der Waals surface area contributed by atoms with Gasteiger partial charge in [-0.3, -0.25) is 0 Å². The van der Waals surface area contributed by atoms with Crippen LogP contribution in [0.1, 0.15) is 42.1 Å². The number of hydrogen-bond acceptors (Lipinski definition) is 2. The highest BCUT2D eigenvalue weighted by Crippen LogP contribution is 2.37. The smallest absolute Gasteiger partial charge is 0.124 e. The normalized spacial score (nSPS) is 13.0. The summed E-state index contributed by atoms with van der Waals surface area (Å²) in [6, 6.07) is 14.7. The van der Waals surface area contributed by atoms with E-state index < -0.39 is 0 Å². The molecule has 0 saturated heterocycles. The van der Waals surface area contributed by atoms with Crippen molar-refractivity contribution in [2.24, 2.45) is 5.73 Å². The van der Waals surface area contributed by atoms with E-state index in [-0.39, 0.29) is 11.5 Å². The van der Waals surface area contributed by atoms with Crippen LogP contribution in [0.25, 0.3) is 0 Å². The van der Waals surface area contributed by atoms with Gasteiger partial charge in [-0.05, 0) is 36.1 Å². The molecule has 2 nitrogen and oxygen atoms in total. The molecule has 2 aromatic rings. The van der Waals surface area contributed by atoms with E-state index >= 15 is 0 Å². The van der Waals surface area contributed by atoms with Crippen molar-refractivity contribution in [1.82, 2.24) is 0 Å². The van der Waals surface area contributed by atoms with Gasteiger partial charge in [0.1, 0.15) is 5.75 Å². The van der Waals surface area contributed by atoms with E-state index in [0.717, 1.165) is 22.4 Å². The van der Waals surface area contributed by atoms with Gasteiger partial charge in [-0.25, -0.2) is 0 Å². The Morgan fingerprint density at radius 1 is 1.00 bits per heavy atom. The Morgan fingerprint density at radius 2 is 1.52 bits per heavy atom. The Morgan fingerprint density at radius 3 is 2.00 bits per heavy atom. The largest absolute Gasteiger partial charge is 0.496 e. The maximum atomic E-state index is 6.59. The fourth-order valence-corrected chi connectivity index (χ4v) is 2.95. The van der Waals surface area contributed by atoms with Crippen molar-refractivity contribution in [2.45, 2.75) is 39.2 Å². The van der Waals surface area contributed by atoms with E-state index in [2.05, 4.69) is 64.1 Å². The molecular formula is C19H25NO. The van der Waals surface area contributed by atoms with Gasteiger partial charge in [0.25, 0.3) is 0 Å². The predicted molar refractivity (Wildman–Crippen MR) is 88.9 cm³/mol. The lowest BCUT2D eigenvalue weighted by Crippen LogP contribution is -2.33. The van der Waals surface area contributed by atoms with E-state index in [4.69, 9.17) is 10.5 Å². The Balaban J connectivity index is 2.42. The zero-order valence-corrected chi connectivity index (χ0v) is 13.6. The highest BCUT2D eigenvalue weighted by molar-refractivity contribution is 5.45. The molecule has 1 atom stereocenters. The molecule has 0 bridgehead atoms. The molecule has 0 amide bonds. The Bertz CT molecular complexity index is 594. The number of hydrogen-bond donors (Lipinski definition) is 1. The number of aryl methyl sites for hydroxylation is 2. The van der Waals surface area contributed by atoms with Crippen LogP contribution in [0.2, 0.25) is 0 Å². The highest BCUT2D eigenvalue weighted by atomic mass is 16.5. The molecule has 0 heterocycles. The third-order valence-electron chi connectivity index (χ3n) is 4.34. The summed E-state index contributed by atoms with van der Waals surface area (Å²) in [6.45, 7) is 8.53. The lowest BCUT2D eigenvalue weighted by atomic mass is 9.75. The average Bonchev–Trinajstić information content (AvgIpc) is 2.47. The van der Waals surface area contributed by atoms with Crippen molar-refractivity contribution in [3.8, 4) is 5.75 Å². The van der Waals surface area contributed by atoms with Crippen molar-refractivity contribution in [1.29, 1.82) is 0 Å². The molecule has 112 valence electrons. The van der Waals surface area contributed by atoms with Crippen LogP contribution in [-0.4, -0.2) is 7.11 Å². The number of ether oxygens (including phenoxy) is 1. The molecule has 0 saturated carbocycles. The molecule has 2 rings (SSSR count). The molecule has 0 spiro atoms. The third-order valence-corrected chi connectivity index (χ3v) is 4.34. The summed E-state index contributed by atoms with van der Waals surface area (Å²) in [6.07, 6.45) is 0. The minimum absolute atomic E-state index is 0.0665. The predicted octanol–water partition coefficient (Wildman–Crippen LogP) is 4.29. The van der Waals surface area contributed by atoms with Gasteiger partial charge in [0.2, 0.25) is 0 Å². The molecule has 1 unspecified atom stereocenters. The van der Waals surface area contributed by atoms with Crippen molar-refractivity contribution in [2.75, 3.05) is 7.11 Å². The first-order chi connectivity index (χ1) is 9.87. The molecule has 0 aliphatic carbocycles. The topological polar surface area (TPSA) is 35.2 Å². The van der Waals surface area contributed by atoms with Gasteiger partial charge in [0.05, 0.1) is 7.11 Å². The van der Waals surface area contributed by atoms with Gasteiger partial charge < -0.3 is 10.5 Å². The summed E-state index contributed by atoms with van der Waals surface area (Å²) in [5.41, 5.74) is 11.1. The Labute approximate surface area is 127 Å². The van der Waals surface area contributed by atoms with Gasteiger partial charge in [-0.15, -0.1) is 0 Å². The van der Waals surface area contributed by atoms with Crippen molar-refractivity contribution in [3.05, 3.63) is 64.7 Å². The van der Waals surface area contributed by atoms with Crippen LogP contribution in [-0.2, 0) is 5.41 Å². The van der Waals surface area contributed by atoms with Crippen molar-refractivity contribution >= 4 is 0 Å². The molecule has 0 radical (unpaired) electrons. The number of rotatable bonds is 4. The van der Waals surface area contributed by atoms with Crippen LogP contribution in [0.4, 0.5) is 0 Å². The minimum Gasteiger partial charge on any atom is -0.496 e. The zero-order valence-electron chi connectivity index (χ0n) is 13.6. The van der Waals surface area contributed by atoms with Crippen LogP contribution in [0, 0.1) is 13.8 Å². The number of nitrogens with two attached hydrogens (primary N) is 1. The second kappa shape index (κ2) is 5.90. The summed E-state index contributed by atoms with van der Waals surface area (Å²) in [4.78, 5) is 0. The van der Waals surface area contributed by atoms with E-state index in [1.165, 1.54) is 5.56 Å². The Kier molecular flexibility index (Phi) is 4.38. The lowest BCUT2D eigenvalue weighted by Gasteiger charge is -2.33. The molecule has 2 aromatic carbocycles. The maximum absolute atomic E-state index is 6.59. The Hall–Kier alpha value is -1.80. The monoisotopic (exact) mass is 283 g/mol. The number of benzene rings is 2. The van der Waals surface area contributed by atoms with Gasteiger partial charge in [-0.1, -0.05) is 56.3 Å². The van der Waals surface area contributed by atoms with Crippen molar-refractivity contribution in [3.63, 3.8) is 0 Å². The second-order valence-electron chi connectivity index (χ2n) is 6.25. The van der Waals surface area contributed by atoms with Crippen LogP contribution in [0.15, 0.2) is 42.5 Å². The molecule has 0 aliphatic heterocycles. The third kappa shape index (κ3) is 2.96. The van der Waals surface area contributed by atoms with Gasteiger partial charge in [0.15, 0.2) is 0 Å². The summed E-state index contributed by atoms with van der Waals surface area (Å²) < 4.78 is 5.44. The fraction of sp³-hybridized carbons (Fsp3) is 0.368. The van der Waals surface area contributed by atoms with Crippen LogP contribution in [0.3, 0.4) is 0 Å². The minimum atomic E-state index is -0.130. The first kappa shape index (κ1) is 15.6. The lowest BCUT2D eigenvalue weighted by molar-refractivity contribution is 0.404. The maximum Gasteiger partial charge on any atom is 0.124 e.